The quantitative estimate of drug-likeness (QED) is 0.762. The Bertz CT molecular complexity index is 1000. The molecule has 3 aromatic heterocycles. The molecular weight excluding hydrogens is 350 g/mol. The molecule has 1 aliphatic rings. The van der Waals surface area contributed by atoms with E-state index in [1.54, 1.807) is 28.3 Å². The van der Waals surface area contributed by atoms with Crippen molar-refractivity contribution in [2.24, 2.45) is 0 Å². The van der Waals surface area contributed by atoms with E-state index >= 15 is 0 Å². The SMILES string of the molecule is CCn1cc(S(=O)(=O)N2CCCC(c3cc4ncccc4[nH]3)C2)c(C)n1. The molecule has 26 heavy (non-hydrogen) atoms. The third-order valence-corrected chi connectivity index (χ3v) is 7.04. The minimum atomic E-state index is -3.53. The molecule has 3 aromatic rings. The number of nitrogens with one attached hydrogen (secondary N) is 1. The number of pyridine rings is 1. The van der Waals surface area contributed by atoms with Gasteiger partial charge in [0.05, 0.1) is 16.7 Å². The van der Waals surface area contributed by atoms with Crippen molar-refractivity contribution in [1.82, 2.24) is 24.1 Å². The smallest absolute Gasteiger partial charge is 0.246 e. The average Bonchev–Trinajstić information content (AvgIpc) is 3.25. The van der Waals surface area contributed by atoms with Crippen LogP contribution < -0.4 is 0 Å². The predicted molar refractivity (Wildman–Crippen MR) is 99.5 cm³/mol. The molecule has 0 aliphatic carbocycles. The van der Waals surface area contributed by atoms with Crippen molar-refractivity contribution in [3.8, 4) is 0 Å². The number of fused-ring (bicyclic) bond motifs is 1. The highest BCUT2D eigenvalue weighted by Crippen LogP contribution is 2.31. The van der Waals surface area contributed by atoms with Crippen LogP contribution in [0.4, 0.5) is 0 Å². The van der Waals surface area contributed by atoms with Crippen LogP contribution in [0.15, 0.2) is 35.5 Å². The molecule has 0 spiro atoms. The monoisotopic (exact) mass is 373 g/mol. The molecule has 0 aromatic carbocycles. The van der Waals surface area contributed by atoms with E-state index < -0.39 is 10.0 Å². The number of aromatic nitrogens is 4. The van der Waals surface area contributed by atoms with Gasteiger partial charge < -0.3 is 4.98 Å². The zero-order chi connectivity index (χ0) is 18.3. The highest BCUT2D eigenvalue weighted by Gasteiger charge is 2.33. The molecule has 0 saturated carbocycles. The lowest BCUT2D eigenvalue weighted by Crippen LogP contribution is -2.39. The van der Waals surface area contributed by atoms with Gasteiger partial charge in [-0.1, -0.05) is 0 Å². The van der Waals surface area contributed by atoms with Gasteiger partial charge in [0.15, 0.2) is 0 Å². The Morgan fingerprint density at radius 1 is 1.38 bits per heavy atom. The number of aromatic amines is 1. The molecule has 1 saturated heterocycles. The standard InChI is InChI=1S/C18H23N5O2S/c1-3-22-12-18(13(2)21-22)26(24,25)23-9-5-6-14(11-23)16-10-17-15(20-16)7-4-8-19-17/h4,7-8,10,12,14,20H,3,5-6,9,11H2,1-2H3. The average molecular weight is 373 g/mol. The first kappa shape index (κ1) is 17.2. The van der Waals surface area contributed by atoms with Crippen LogP contribution in [-0.4, -0.2) is 45.6 Å². The second-order valence-electron chi connectivity index (χ2n) is 6.80. The van der Waals surface area contributed by atoms with E-state index in [4.69, 9.17) is 0 Å². The molecular formula is C18H23N5O2S. The maximum atomic E-state index is 13.1. The summed E-state index contributed by atoms with van der Waals surface area (Å²) in [5.41, 5.74) is 3.52. The number of piperidine rings is 1. The van der Waals surface area contributed by atoms with Crippen LogP contribution in [0.5, 0.6) is 0 Å². The van der Waals surface area contributed by atoms with Crippen molar-refractivity contribution in [2.45, 2.75) is 44.0 Å². The molecule has 7 nitrogen and oxygen atoms in total. The Morgan fingerprint density at radius 2 is 2.23 bits per heavy atom. The van der Waals surface area contributed by atoms with Gasteiger partial charge in [-0.05, 0) is 44.9 Å². The Hall–Kier alpha value is -2.19. The third kappa shape index (κ3) is 2.93. The number of H-pyrrole nitrogens is 1. The summed E-state index contributed by atoms with van der Waals surface area (Å²) in [5, 5.41) is 4.29. The van der Waals surface area contributed by atoms with Gasteiger partial charge in [0.2, 0.25) is 10.0 Å². The molecule has 1 unspecified atom stereocenters. The van der Waals surface area contributed by atoms with E-state index in [1.807, 2.05) is 25.1 Å². The molecule has 8 heteroatoms. The predicted octanol–water partition coefficient (Wildman–Crippen LogP) is 2.66. The maximum Gasteiger partial charge on any atom is 0.246 e. The summed E-state index contributed by atoms with van der Waals surface area (Å²) in [6.07, 6.45) is 5.21. The summed E-state index contributed by atoms with van der Waals surface area (Å²) in [6, 6.07) is 5.93. The molecule has 1 N–H and O–H groups in total. The number of hydrogen-bond acceptors (Lipinski definition) is 4. The van der Waals surface area contributed by atoms with Crippen LogP contribution in [0.3, 0.4) is 0 Å². The molecule has 0 amide bonds. The lowest BCUT2D eigenvalue weighted by atomic mass is 9.96. The highest BCUT2D eigenvalue weighted by molar-refractivity contribution is 7.89. The first-order valence-corrected chi connectivity index (χ1v) is 10.4. The van der Waals surface area contributed by atoms with E-state index in [-0.39, 0.29) is 5.92 Å². The third-order valence-electron chi connectivity index (χ3n) is 5.08. The van der Waals surface area contributed by atoms with Gasteiger partial charge in [-0.3, -0.25) is 9.67 Å². The summed E-state index contributed by atoms with van der Waals surface area (Å²) in [6.45, 7) is 5.38. The minimum absolute atomic E-state index is 0.147. The van der Waals surface area contributed by atoms with Crippen molar-refractivity contribution in [3.05, 3.63) is 42.0 Å². The van der Waals surface area contributed by atoms with E-state index in [2.05, 4.69) is 15.1 Å². The van der Waals surface area contributed by atoms with Crippen molar-refractivity contribution < 1.29 is 8.42 Å². The van der Waals surface area contributed by atoms with Gasteiger partial charge in [-0.15, -0.1) is 0 Å². The van der Waals surface area contributed by atoms with Crippen molar-refractivity contribution in [3.63, 3.8) is 0 Å². The molecule has 1 aliphatic heterocycles. The van der Waals surface area contributed by atoms with Crippen molar-refractivity contribution in [1.29, 1.82) is 0 Å². The molecule has 0 bridgehead atoms. The van der Waals surface area contributed by atoms with Crippen LogP contribution in [0.1, 0.15) is 37.1 Å². The summed E-state index contributed by atoms with van der Waals surface area (Å²) in [7, 11) is -3.53. The number of sulfonamides is 1. The zero-order valence-electron chi connectivity index (χ0n) is 15.0. The van der Waals surface area contributed by atoms with Gasteiger partial charge >= 0.3 is 0 Å². The summed E-state index contributed by atoms with van der Waals surface area (Å²) in [5.74, 6) is 0.147. The first-order valence-electron chi connectivity index (χ1n) is 8.97. The molecule has 0 radical (unpaired) electrons. The summed E-state index contributed by atoms with van der Waals surface area (Å²) < 4.78 is 29.5. The van der Waals surface area contributed by atoms with Crippen LogP contribution in [0.25, 0.3) is 11.0 Å². The number of aryl methyl sites for hydroxylation is 2. The molecule has 4 heterocycles. The second-order valence-corrected chi connectivity index (χ2v) is 8.70. The zero-order valence-corrected chi connectivity index (χ0v) is 15.8. The first-order chi connectivity index (χ1) is 12.5. The Kier molecular flexibility index (Phi) is 4.32. The van der Waals surface area contributed by atoms with Gasteiger partial charge in [0, 0.05) is 43.6 Å². The molecule has 1 atom stereocenters. The van der Waals surface area contributed by atoms with Crippen LogP contribution in [-0.2, 0) is 16.6 Å². The van der Waals surface area contributed by atoms with Crippen LogP contribution in [0, 0.1) is 6.92 Å². The summed E-state index contributed by atoms with van der Waals surface area (Å²) in [4.78, 5) is 8.08. The lowest BCUT2D eigenvalue weighted by Gasteiger charge is -2.31. The van der Waals surface area contributed by atoms with Gasteiger partial charge in [-0.25, -0.2) is 8.42 Å². The Morgan fingerprint density at radius 3 is 2.96 bits per heavy atom. The van der Waals surface area contributed by atoms with Crippen molar-refractivity contribution >= 4 is 21.1 Å². The van der Waals surface area contributed by atoms with E-state index in [0.717, 1.165) is 29.6 Å². The normalized spacial score (nSPS) is 19.2. The van der Waals surface area contributed by atoms with Crippen molar-refractivity contribution in [2.75, 3.05) is 13.1 Å². The molecule has 4 rings (SSSR count). The van der Waals surface area contributed by atoms with E-state index in [9.17, 15) is 8.42 Å². The fourth-order valence-electron chi connectivity index (χ4n) is 3.67. The van der Waals surface area contributed by atoms with Crippen LogP contribution >= 0.6 is 0 Å². The van der Waals surface area contributed by atoms with Crippen LogP contribution in [0.2, 0.25) is 0 Å². The van der Waals surface area contributed by atoms with E-state index in [0.29, 0.717) is 30.2 Å². The van der Waals surface area contributed by atoms with Gasteiger partial charge in [0.1, 0.15) is 4.90 Å². The van der Waals surface area contributed by atoms with Gasteiger partial charge in [0.25, 0.3) is 0 Å². The highest BCUT2D eigenvalue weighted by atomic mass is 32.2. The molecule has 1 fully saturated rings. The number of nitrogens with zero attached hydrogens (tertiary/aromatic N) is 4. The Balaban J connectivity index is 1.62. The topological polar surface area (TPSA) is 83.9 Å². The fourth-order valence-corrected chi connectivity index (χ4v) is 5.36. The second kappa shape index (κ2) is 6.51. The minimum Gasteiger partial charge on any atom is -0.357 e. The fraction of sp³-hybridized carbons (Fsp3) is 0.444. The lowest BCUT2D eigenvalue weighted by molar-refractivity contribution is 0.313. The Labute approximate surface area is 153 Å². The molecule has 138 valence electrons. The maximum absolute atomic E-state index is 13.1. The summed E-state index contributed by atoms with van der Waals surface area (Å²) >= 11 is 0. The number of hydrogen-bond donors (Lipinski definition) is 1. The largest absolute Gasteiger partial charge is 0.357 e. The van der Waals surface area contributed by atoms with E-state index in [1.165, 1.54) is 0 Å². The van der Waals surface area contributed by atoms with Gasteiger partial charge in [-0.2, -0.15) is 9.40 Å². The number of rotatable bonds is 4.